The average Bonchev–Trinajstić information content (AvgIpc) is 2.66. The topological polar surface area (TPSA) is 54.3 Å². The molecule has 0 radical (unpaired) electrons. The van der Waals surface area contributed by atoms with Crippen molar-refractivity contribution in [2.24, 2.45) is 9.36 Å². The van der Waals surface area contributed by atoms with E-state index >= 15 is 0 Å². The van der Waals surface area contributed by atoms with Crippen molar-refractivity contribution in [3.8, 4) is 5.75 Å². The minimum absolute atomic E-state index is 0.116. The Balaban J connectivity index is 2.50. The van der Waals surface area contributed by atoms with Crippen molar-refractivity contribution >= 4 is 39.0 Å². The summed E-state index contributed by atoms with van der Waals surface area (Å²) in [6, 6.07) is 8.35. The van der Waals surface area contributed by atoms with E-state index in [2.05, 4.69) is 14.1 Å². The summed E-state index contributed by atoms with van der Waals surface area (Å²) in [6.45, 7) is 6.21. The van der Waals surface area contributed by atoms with Crippen molar-refractivity contribution in [1.82, 2.24) is 4.90 Å². The summed E-state index contributed by atoms with van der Waals surface area (Å²) in [5.74, 6) is -0.281. The fourth-order valence-corrected chi connectivity index (χ4v) is 4.64. The molecule has 1 unspecified atom stereocenters. The lowest BCUT2D eigenvalue weighted by molar-refractivity contribution is -0.274. The first-order chi connectivity index (χ1) is 14.0. The number of aliphatic imine (C=N–C) groups is 1. The quantitative estimate of drug-likeness (QED) is 0.357. The van der Waals surface area contributed by atoms with E-state index in [4.69, 9.17) is 11.6 Å². The van der Waals surface area contributed by atoms with Gasteiger partial charge in [0.2, 0.25) is 0 Å². The standard InChI is InChI=1S/C20H23ClF3N3O2S/c1-5-27(4)13-25-18-10-14(3)19(12-17(18)21)30(28,6-2)26-15-8-7-9-16(11-15)29-20(22,23)24/h7-13H,5-6H2,1-4H3. The van der Waals surface area contributed by atoms with Crippen LogP contribution in [0.2, 0.25) is 5.02 Å². The lowest BCUT2D eigenvalue weighted by Gasteiger charge is -2.14. The third kappa shape index (κ3) is 6.37. The molecule has 0 bridgehead atoms. The van der Waals surface area contributed by atoms with E-state index in [0.717, 1.165) is 18.7 Å². The van der Waals surface area contributed by atoms with E-state index in [1.165, 1.54) is 12.1 Å². The van der Waals surface area contributed by atoms with E-state index in [1.54, 1.807) is 32.3 Å². The predicted molar refractivity (Wildman–Crippen MR) is 115 cm³/mol. The second kappa shape index (κ2) is 9.70. The fourth-order valence-electron chi connectivity index (χ4n) is 2.51. The number of rotatable bonds is 7. The van der Waals surface area contributed by atoms with Gasteiger partial charge in [0, 0.05) is 25.4 Å². The van der Waals surface area contributed by atoms with Gasteiger partial charge in [0.15, 0.2) is 0 Å². The van der Waals surface area contributed by atoms with Crippen molar-refractivity contribution in [3.05, 3.63) is 47.0 Å². The molecule has 10 heteroatoms. The molecule has 1 atom stereocenters. The molecule has 30 heavy (non-hydrogen) atoms. The summed E-state index contributed by atoms with van der Waals surface area (Å²) in [5, 5.41) is 0.307. The van der Waals surface area contributed by atoms with Gasteiger partial charge in [-0.05, 0) is 43.7 Å². The zero-order valence-corrected chi connectivity index (χ0v) is 18.6. The molecule has 164 valence electrons. The molecule has 0 aliphatic rings. The first kappa shape index (κ1) is 24.0. The van der Waals surface area contributed by atoms with Gasteiger partial charge in [-0.1, -0.05) is 24.6 Å². The molecule has 0 amide bonds. The van der Waals surface area contributed by atoms with E-state index in [0.29, 0.717) is 21.2 Å². The Labute approximate surface area is 179 Å². The first-order valence-electron chi connectivity index (χ1n) is 9.12. The van der Waals surface area contributed by atoms with Crippen molar-refractivity contribution < 1.29 is 22.1 Å². The largest absolute Gasteiger partial charge is 0.573 e. The summed E-state index contributed by atoms with van der Waals surface area (Å²) < 4.78 is 59.2. The molecule has 0 aliphatic heterocycles. The first-order valence-corrected chi connectivity index (χ1v) is 11.2. The van der Waals surface area contributed by atoms with Crippen LogP contribution in [0.15, 0.2) is 50.6 Å². The van der Waals surface area contributed by atoms with E-state index in [1.807, 2.05) is 18.9 Å². The number of alkyl halides is 3. The number of nitrogens with zero attached hydrogens (tertiary/aromatic N) is 3. The highest BCUT2D eigenvalue weighted by Crippen LogP contribution is 2.34. The van der Waals surface area contributed by atoms with Crippen LogP contribution in [-0.2, 0) is 9.73 Å². The Morgan fingerprint density at radius 1 is 1.23 bits per heavy atom. The van der Waals surface area contributed by atoms with Gasteiger partial charge in [0.1, 0.15) is 5.75 Å². The minimum Gasteiger partial charge on any atom is -0.406 e. The third-order valence-corrected chi connectivity index (χ3v) is 6.89. The molecule has 0 aromatic heterocycles. The van der Waals surface area contributed by atoms with E-state index in [9.17, 15) is 17.4 Å². The number of halogens is 4. The molecule has 0 spiro atoms. The fraction of sp³-hybridized carbons (Fsp3) is 0.350. The maximum absolute atomic E-state index is 13.6. The van der Waals surface area contributed by atoms with Crippen molar-refractivity contribution in [2.45, 2.75) is 32.0 Å². The van der Waals surface area contributed by atoms with Crippen LogP contribution < -0.4 is 4.74 Å². The smallest absolute Gasteiger partial charge is 0.406 e. The zero-order chi connectivity index (χ0) is 22.5. The molecular weight excluding hydrogens is 439 g/mol. The van der Waals surface area contributed by atoms with E-state index < -0.39 is 21.8 Å². The highest BCUT2D eigenvalue weighted by atomic mass is 35.5. The summed E-state index contributed by atoms with van der Waals surface area (Å²) in [6.07, 6.45) is -3.18. The van der Waals surface area contributed by atoms with Crippen LogP contribution in [-0.4, -0.2) is 41.2 Å². The predicted octanol–water partition coefficient (Wildman–Crippen LogP) is 6.34. The maximum atomic E-state index is 13.6. The van der Waals surface area contributed by atoms with Crippen LogP contribution >= 0.6 is 11.6 Å². The van der Waals surface area contributed by atoms with Crippen LogP contribution in [0.4, 0.5) is 24.5 Å². The molecule has 0 N–H and O–H groups in total. The number of hydrogen-bond donors (Lipinski definition) is 0. The van der Waals surface area contributed by atoms with Crippen LogP contribution in [0.3, 0.4) is 0 Å². The van der Waals surface area contributed by atoms with Gasteiger partial charge in [-0.15, -0.1) is 13.2 Å². The van der Waals surface area contributed by atoms with Gasteiger partial charge in [-0.2, -0.15) is 4.36 Å². The van der Waals surface area contributed by atoms with Crippen molar-refractivity contribution in [1.29, 1.82) is 0 Å². The molecule has 0 saturated carbocycles. The highest BCUT2D eigenvalue weighted by molar-refractivity contribution is 7.93. The Kier molecular flexibility index (Phi) is 7.76. The second-order valence-electron chi connectivity index (χ2n) is 6.45. The lowest BCUT2D eigenvalue weighted by atomic mass is 10.2. The van der Waals surface area contributed by atoms with Gasteiger partial charge >= 0.3 is 6.36 Å². The summed E-state index contributed by atoms with van der Waals surface area (Å²) in [5.41, 5.74) is 1.31. The Bertz CT molecular complexity index is 1050. The molecule has 0 saturated heterocycles. The normalized spacial score (nSPS) is 13.9. The van der Waals surface area contributed by atoms with Crippen LogP contribution in [0.1, 0.15) is 19.4 Å². The summed E-state index contributed by atoms with van der Waals surface area (Å²) in [4.78, 5) is 6.63. The van der Waals surface area contributed by atoms with Crippen LogP contribution in [0.5, 0.6) is 5.75 Å². The molecule has 0 fully saturated rings. The average molecular weight is 462 g/mol. The van der Waals surface area contributed by atoms with Gasteiger partial charge in [0.25, 0.3) is 0 Å². The summed E-state index contributed by atoms with van der Waals surface area (Å²) in [7, 11) is -1.11. The van der Waals surface area contributed by atoms with Gasteiger partial charge in [-0.3, -0.25) is 0 Å². The molecule has 0 aliphatic carbocycles. The van der Waals surface area contributed by atoms with Gasteiger partial charge in [0.05, 0.1) is 37.4 Å². The Hall–Kier alpha value is -2.26. The number of hydrogen-bond acceptors (Lipinski definition) is 4. The molecule has 0 heterocycles. The second-order valence-corrected chi connectivity index (χ2v) is 9.34. The van der Waals surface area contributed by atoms with E-state index in [-0.39, 0.29) is 11.4 Å². The number of aryl methyl sites for hydroxylation is 1. The molecule has 2 aromatic carbocycles. The van der Waals surface area contributed by atoms with Crippen molar-refractivity contribution in [2.75, 3.05) is 19.3 Å². The monoisotopic (exact) mass is 461 g/mol. The van der Waals surface area contributed by atoms with Crippen molar-refractivity contribution in [3.63, 3.8) is 0 Å². The minimum atomic E-state index is -4.82. The number of benzene rings is 2. The lowest BCUT2D eigenvalue weighted by Crippen LogP contribution is -2.16. The third-order valence-electron chi connectivity index (χ3n) is 4.18. The Morgan fingerprint density at radius 3 is 2.53 bits per heavy atom. The molecule has 2 rings (SSSR count). The van der Waals surface area contributed by atoms with Crippen LogP contribution in [0.25, 0.3) is 0 Å². The van der Waals surface area contributed by atoms with Gasteiger partial charge < -0.3 is 9.64 Å². The molecular formula is C20H23ClF3N3O2S. The SMILES string of the molecule is CCN(C)C=Nc1cc(C)c(S(=O)(CC)=Nc2cccc(OC(F)(F)F)c2)cc1Cl. The maximum Gasteiger partial charge on any atom is 0.573 e. The highest BCUT2D eigenvalue weighted by Gasteiger charge is 2.31. The van der Waals surface area contributed by atoms with Crippen LogP contribution in [0, 0.1) is 6.92 Å². The molecule has 5 nitrogen and oxygen atoms in total. The summed E-state index contributed by atoms with van der Waals surface area (Å²) >= 11 is 6.35. The zero-order valence-electron chi connectivity index (χ0n) is 17.0. The van der Waals surface area contributed by atoms with Gasteiger partial charge in [-0.25, -0.2) is 9.20 Å². The molecule has 2 aromatic rings. The Morgan fingerprint density at radius 2 is 1.93 bits per heavy atom. The number of ether oxygens (including phenoxy) is 1.